The average molecular weight is 727 g/mol. The summed E-state index contributed by atoms with van der Waals surface area (Å²) in [6, 6.07) is 0. The fourth-order valence-electron chi connectivity index (χ4n) is 5.93. The van der Waals surface area contributed by atoms with E-state index in [1.165, 1.54) is 0 Å². The second kappa shape index (κ2) is 11.3. The number of hydrogen-bond donors (Lipinski definition) is 0. The van der Waals surface area contributed by atoms with E-state index in [1.54, 1.807) is 0 Å². The van der Waals surface area contributed by atoms with Crippen LogP contribution < -0.4 is 0 Å². The molecule has 0 aromatic heterocycles. The zero-order valence-electron chi connectivity index (χ0n) is 27.5. The molecular formula is C18H54O11Si10. The minimum absolute atomic E-state index is 1.96. The van der Waals surface area contributed by atoms with Crippen molar-refractivity contribution >= 4 is 86.1 Å². The molecule has 0 aromatic rings. The van der Waals surface area contributed by atoms with E-state index in [9.17, 15) is 0 Å². The summed E-state index contributed by atoms with van der Waals surface area (Å²) in [5.41, 5.74) is 0. The van der Waals surface area contributed by atoms with E-state index in [4.69, 9.17) is 45.3 Å². The van der Waals surface area contributed by atoms with Crippen molar-refractivity contribution in [2.75, 3.05) is 0 Å². The Balaban J connectivity index is 2.09. The molecule has 0 saturated carbocycles. The standard InChI is InChI=1S/C18H54O11Si10/c1-30(2,20-32(5,6)24-38(17)26-34(9,10)22-35(11,12)27-38)19-31(3,4)21-33(7,8)25-39(18)28-36(13,14)23-37(15,16)29-39/h1-18H3. The van der Waals surface area contributed by atoms with Gasteiger partial charge in [0.2, 0.25) is 0 Å². The minimum atomic E-state index is -2.95. The van der Waals surface area contributed by atoms with Crippen LogP contribution in [0.1, 0.15) is 0 Å². The maximum atomic E-state index is 6.70. The summed E-state index contributed by atoms with van der Waals surface area (Å²) in [5.74, 6) is 0. The van der Waals surface area contributed by atoms with Crippen LogP contribution in [0.2, 0.25) is 118 Å². The molecule has 2 rings (SSSR count). The highest BCUT2D eigenvalue weighted by Crippen LogP contribution is 2.36. The number of rotatable bonds is 10. The molecule has 2 aliphatic heterocycles. The van der Waals surface area contributed by atoms with Crippen molar-refractivity contribution in [2.24, 2.45) is 0 Å². The van der Waals surface area contributed by atoms with Gasteiger partial charge in [0.05, 0.1) is 0 Å². The van der Waals surface area contributed by atoms with Crippen LogP contribution in [0, 0.1) is 0 Å². The quantitative estimate of drug-likeness (QED) is 0.250. The smallest absolute Gasteiger partial charge is 0.416 e. The second-order valence-electron chi connectivity index (χ2n) is 14.0. The Morgan fingerprint density at radius 1 is 0.333 bits per heavy atom. The molecular weight excluding hydrogens is 673 g/mol. The van der Waals surface area contributed by atoms with Crippen molar-refractivity contribution < 1.29 is 45.3 Å². The third-order valence-electron chi connectivity index (χ3n) is 5.05. The normalized spacial score (nSPS) is 26.3. The predicted octanol–water partition coefficient (Wildman–Crippen LogP) is 5.95. The highest BCUT2D eigenvalue weighted by molar-refractivity contribution is 6.96. The van der Waals surface area contributed by atoms with Gasteiger partial charge in [-0.05, 0) is 105 Å². The zero-order chi connectivity index (χ0) is 30.8. The van der Waals surface area contributed by atoms with Gasteiger partial charge in [-0.3, -0.25) is 0 Å². The van der Waals surface area contributed by atoms with Gasteiger partial charge in [0.25, 0.3) is 0 Å². The lowest BCUT2D eigenvalue weighted by atomic mass is 11.9. The monoisotopic (exact) mass is 726 g/mol. The van der Waals surface area contributed by atoms with Crippen LogP contribution in [0.3, 0.4) is 0 Å². The molecule has 2 aliphatic rings. The molecule has 2 heterocycles. The Morgan fingerprint density at radius 2 is 0.538 bits per heavy atom. The maximum absolute atomic E-state index is 6.70. The molecule has 0 atom stereocenters. The Labute approximate surface area is 248 Å². The minimum Gasteiger partial charge on any atom is -0.416 e. The largest absolute Gasteiger partial charge is 0.470 e. The summed E-state index contributed by atoms with van der Waals surface area (Å²) < 4.78 is 71.1. The van der Waals surface area contributed by atoms with Crippen molar-refractivity contribution in [3.05, 3.63) is 0 Å². The number of hydrogen-bond acceptors (Lipinski definition) is 11. The van der Waals surface area contributed by atoms with Gasteiger partial charge in [-0.1, -0.05) is 0 Å². The second-order valence-corrected chi connectivity index (χ2v) is 48.9. The van der Waals surface area contributed by atoms with E-state index in [0.29, 0.717) is 0 Å². The molecule has 0 N–H and O–H groups in total. The van der Waals surface area contributed by atoms with Crippen molar-refractivity contribution in [1.29, 1.82) is 0 Å². The lowest BCUT2D eigenvalue weighted by molar-refractivity contribution is 0.157. The molecule has 21 heteroatoms. The topological polar surface area (TPSA) is 102 Å². The molecule has 0 radical (unpaired) electrons. The Hall–Kier alpha value is 1.73. The Kier molecular flexibility index (Phi) is 10.7. The Morgan fingerprint density at radius 3 is 0.769 bits per heavy atom. The fourth-order valence-corrected chi connectivity index (χ4v) is 58.6. The molecule has 11 nitrogen and oxygen atoms in total. The van der Waals surface area contributed by atoms with Crippen LogP contribution >= 0.6 is 0 Å². The molecule has 0 unspecified atom stereocenters. The molecule has 2 saturated heterocycles. The van der Waals surface area contributed by atoms with Gasteiger partial charge >= 0.3 is 86.1 Å². The zero-order valence-corrected chi connectivity index (χ0v) is 37.5. The van der Waals surface area contributed by atoms with Crippen LogP contribution in [0.15, 0.2) is 0 Å². The van der Waals surface area contributed by atoms with Gasteiger partial charge in [0.1, 0.15) is 0 Å². The Bertz CT molecular complexity index is 795. The van der Waals surface area contributed by atoms with E-state index < -0.39 is 86.1 Å². The van der Waals surface area contributed by atoms with Crippen LogP contribution in [0.5, 0.6) is 0 Å². The third kappa shape index (κ3) is 12.3. The summed E-state index contributed by atoms with van der Waals surface area (Å²) in [6.45, 7) is 36.5. The van der Waals surface area contributed by atoms with Crippen molar-refractivity contribution in [1.82, 2.24) is 0 Å². The first-order chi connectivity index (χ1) is 16.8. The van der Waals surface area contributed by atoms with Crippen molar-refractivity contribution in [3.8, 4) is 0 Å². The van der Waals surface area contributed by atoms with Gasteiger partial charge in [-0.15, -0.1) is 0 Å². The lowest BCUT2D eigenvalue weighted by Crippen LogP contribution is -2.70. The molecule has 0 bridgehead atoms. The maximum Gasteiger partial charge on any atom is 0.470 e. The van der Waals surface area contributed by atoms with E-state index in [0.717, 1.165) is 0 Å². The van der Waals surface area contributed by atoms with Crippen molar-refractivity contribution in [2.45, 2.75) is 118 Å². The van der Waals surface area contributed by atoms with Gasteiger partial charge in [0.15, 0.2) is 0 Å². The summed E-state index contributed by atoms with van der Waals surface area (Å²) in [4.78, 5) is 0. The lowest BCUT2D eigenvalue weighted by Gasteiger charge is -2.49. The summed E-state index contributed by atoms with van der Waals surface area (Å²) in [7, 11) is -26.1. The van der Waals surface area contributed by atoms with Gasteiger partial charge in [-0.2, -0.15) is 0 Å². The molecule has 0 spiro atoms. The van der Waals surface area contributed by atoms with Crippen LogP contribution in [0.25, 0.3) is 0 Å². The van der Waals surface area contributed by atoms with Gasteiger partial charge < -0.3 is 45.3 Å². The molecule has 2 fully saturated rings. The van der Waals surface area contributed by atoms with E-state index in [-0.39, 0.29) is 0 Å². The molecule has 232 valence electrons. The van der Waals surface area contributed by atoms with Gasteiger partial charge in [-0.25, -0.2) is 0 Å². The highest BCUT2D eigenvalue weighted by Gasteiger charge is 2.59. The summed E-state index contributed by atoms with van der Waals surface area (Å²) in [6.07, 6.45) is 0. The van der Waals surface area contributed by atoms with Crippen LogP contribution in [0.4, 0.5) is 0 Å². The molecule has 0 aliphatic carbocycles. The average Bonchev–Trinajstić information content (AvgIpc) is 2.38. The van der Waals surface area contributed by atoms with E-state index >= 15 is 0 Å². The SMILES string of the molecule is C[Si](C)(O[Si](C)(C)O[Si](C)(C)O[Si]1(C)O[Si](C)(C)O[Si](C)(C)O1)O[Si](C)(C)O[Si]1(C)O[Si](C)(C)O[Si](C)(C)O1. The first-order valence-corrected chi connectivity index (χ1v) is 40.5. The van der Waals surface area contributed by atoms with Crippen molar-refractivity contribution in [3.63, 3.8) is 0 Å². The van der Waals surface area contributed by atoms with Crippen LogP contribution in [-0.2, 0) is 45.3 Å². The highest BCUT2D eigenvalue weighted by atomic mass is 28.6. The van der Waals surface area contributed by atoms with E-state index in [2.05, 4.69) is 0 Å². The predicted molar refractivity (Wildman–Crippen MR) is 175 cm³/mol. The van der Waals surface area contributed by atoms with Crippen LogP contribution in [-0.4, -0.2) is 86.1 Å². The summed E-state index contributed by atoms with van der Waals surface area (Å²) in [5, 5.41) is 0. The molecule has 0 amide bonds. The molecule has 0 aromatic carbocycles. The molecule has 39 heavy (non-hydrogen) atoms. The summed E-state index contributed by atoms with van der Waals surface area (Å²) >= 11 is 0. The van der Waals surface area contributed by atoms with Gasteiger partial charge in [0, 0.05) is 13.1 Å². The third-order valence-corrected chi connectivity index (χ3v) is 45.4. The first-order valence-electron chi connectivity index (χ1n) is 13.5. The first kappa shape index (κ1) is 36.9. The van der Waals surface area contributed by atoms with E-state index in [1.807, 2.05) is 118 Å². The fraction of sp³-hybridized carbons (Fsp3) is 1.00.